The highest BCUT2D eigenvalue weighted by Crippen LogP contribution is 2.34. The highest BCUT2D eigenvalue weighted by molar-refractivity contribution is 7.99. The van der Waals surface area contributed by atoms with E-state index in [1.807, 2.05) is 11.8 Å². The Hall–Kier alpha value is -0.930. The molecular weight excluding hydrogens is 252 g/mol. The van der Waals surface area contributed by atoms with Crippen LogP contribution in [-0.2, 0) is 0 Å². The minimum Gasteiger partial charge on any atom is -0.350 e. The lowest BCUT2D eigenvalue weighted by Crippen LogP contribution is -2.40. The molecule has 102 valence electrons. The van der Waals surface area contributed by atoms with Crippen molar-refractivity contribution in [3.05, 3.63) is 30.3 Å². The van der Waals surface area contributed by atoms with Gasteiger partial charge in [-0.15, -0.1) is 11.8 Å². The Morgan fingerprint density at radius 2 is 2.11 bits per heavy atom. The van der Waals surface area contributed by atoms with Crippen LogP contribution in [0.5, 0.6) is 0 Å². The number of hydrogen-bond acceptors (Lipinski definition) is 2. The Morgan fingerprint density at radius 1 is 1.26 bits per heavy atom. The van der Waals surface area contributed by atoms with Gasteiger partial charge in [-0.25, -0.2) is 0 Å². The molecule has 19 heavy (non-hydrogen) atoms. The van der Waals surface area contributed by atoms with Gasteiger partial charge in [0.05, 0.1) is 5.03 Å². The number of nitrogens with one attached hydrogen (secondary N) is 2. The van der Waals surface area contributed by atoms with Crippen molar-refractivity contribution in [3.63, 3.8) is 0 Å². The number of fused-ring (bicyclic) bond motifs is 1. The number of aromatic amines is 1. The van der Waals surface area contributed by atoms with Crippen molar-refractivity contribution in [2.75, 3.05) is 6.54 Å². The first-order chi connectivity index (χ1) is 9.36. The molecule has 0 bridgehead atoms. The highest BCUT2D eigenvalue weighted by Gasteiger charge is 2.25. The molecule has 0 spiro atoms. The van der Waals surface area contributed by atoms with Crippen LogP contribution in [0, 0.1) is 0 Å². The van der Waals surface area contributed by atoms with Crippen molar-refractivity contribution in [2.24, 2.45) is 0 Å². The molecule has 2 N–H and O–H groups in total. The van der Waals surface area contributed by atoms with E-state index in [0.29, 0.717) is 11.3 Å². The van der Waals surface area contributed by atoms with Crippen LogP contribution < -0.4 is 5.32 Å². The van der Waals surface area contributed by atoms with Gasteiger partial charge in [0.1, 0.15) is 0 Å². The maximum absolute atomic E-state index is 3.65. The maximum Gasteiger partial charge on any atom is 0.0735 e. The number of hydrogen-bond donors (Lipinski definition) is 2. The third kappa shape index (κ3) is 2.98. The third-order valence-corrected chi connectivity index (χ3v) is 5.29. The maximum atomic E-state index is 3.65. The van der Waals surface area contributed by atoms with E-state index in [1.54, 1.807) is 0 Å². The van der Waals surface area contributed by atoms with E-state index in [0.717, 1.165) is 6.54 Å². The molecule has 1 fully saturated rings. The molecule has 1 aromatic carbocycles. The number of para-hydroxylation sites is 1. The van der Waals surface area contributed by atoms with Gasteiger partial charge in [0, 0.05) is 22.2 Å². The van der Waals surface area contributed by atoms with E-state index < -0.39 is 0 Å². The quantitative estimate of drug-likeness (QED) is 0.875. The molecule has 1 heterocycles. The summed E-state index contributed by atoms with van der Waals surface area (Å²) in [5.41, 5.74) is 1.25. The lowest BCUT2D eigenvalue weighted by Gasteiger charge is -2.31. The Labute approximate surface area is 119 Å². The summed E-state index contributed by atoms with van der Waals surface area (Å²) in [4.78, 5) is 3.54. The minimum atomic E-state index is 0.676. The Kier molecular flexibility index (Phi) is 4.14. The van der Waals surface area contributed by atoms with Crippen molar-refractivity contribution in [1.82, 2.24) is 10.3 Å². The second kappa shape index (κ2) is 6.02. The molecule has 1 aliphatic carbocycles. The van der Waals surface area contributed by atoms with E-state index in [4.69, 9.17) is 0 Å². The van der Waals surface area contributed by atoms with Crippen LogP contribution in [0.4, 0.5) is 0 Å². The molecule has 1 aliphatic rings. The first-order valence-electron chi connectivity index (χ1n) is 7.34. The largest absolute Gasteiger partial charge is 0.350 e. The molecule has 1 saturated carbocycles. The van der Waals surface area contributed by atoms with Gasteiger partial charge in [0.15, 0.2) is 0 Å². The topological polar surface area (TPSA) is 27.8 Å². The Bertz CT molecular complexity index is 499. The van der Waals surface area contributed by atoms with Gasteiger partial charge in [-0.05, 0) is 31.5 Å². The lowest BCUT2D eigenvalue weighted by molar-refractivity contribution is 0.390. The number of H-pyrrole nitrogens is 1. The minimum absolute atomic E-state index is 0.676. The first kappa shape index (κ1) is 13.1. The van der Waals surface area contributed by atoms with Crippen molar-refractivity contribution in [3.8, 4) is 0 Å². The van der Waals surface area contributed by atoms with Crippen LogP contribution in [0.15, 0.2) is 35.4 Å². The van der Waals surface area contributed by atoms with Crippen LogP contribution in [0.3, 0.4) is 0 Å². The van der Waals surface area contributed by atoms with Crippen LogP contribution in [0.1, 0.15) is 32.6 Å². The zero-order chi connectivity index (χ0) is 13.1. The molecule has 0 saturated heterocycles. The molecule has 0 amide bonds. The zero-order valence-electron chi connectivity index (χ0n) is 11.5. The standard InChI is InChI=1S/C16H22N2S/c1-2-17-14-9-5-6-10-15(14)19-16-11-12-7-3-4-8-13(12)18-16/h3-4,7-8,11,14-15,17-18H,2,5-6,9-10H2,1H3. The highest BCUT2D eigenvalue weighted by atomic mass is 32.2. The molecule has 2 atom stereocenters. The van der Waals surface area contributed by atoms with Gasteiger partial charge >= 0.3 is 0 Å². The zero-order valence-corrected chi connectivity index (χ0v) is 12.3. The molecule has 0 radical (unpaired) electrons. The molecule has 0 aliphatic heterocycles. The van der Waals surface area contributed by atoms with Crippen LogP contribution in [0.25, 0.3) is 10.9 Å². The number of benzene rings is 1. The van der Waals surface area contributed by atoms with Crippen molar-refractivity contribution >= 4 is 22.7 Å². The number of rotatable bonds is 4. The Balaban J connectivity index is 1.75. The average Bonchev–Trinajstić information content (AvgIpc) is 2.83. The van der Waals surface area contributed by atoms with Gasteiger partial charge in [-0.2, -0.15) is 0 Å². The van der Waals surface area contributed by atoms with E-state index >= 15 is 0 Å². The molecule has 3 heteroatoms. The predicted molar refractivity (Wildman–Crippen MR) is 83.9 cm³/mol. The molecular formula is C16H22N2S. The molecule has 2 nitrogen and oxygen atoms in total. The van der Waals surface area contributed by atoms with Crippen molar-refractivity contribution in [1.29, 1.82) is 0 Å². The summed E-state index contributed by atoms with van der Waals surface area (Å²) in [7, 11) is 0. The SMILES string of the molecule is CCNC1CCCCC1Sc1cc2ccccc2[nH]1. The van der Waals surface area contributed by atoms with Crippen LogP contribution >= 0.6 is 11.8 Å². The van der Waals surface area contributed by atoms with Gasteiger partial charge in [0.2, 0.25) is 0 Å². The van der Waals surface area contributed by atoms with Gasteiger partial charge < -0.3 is 10.3 Å². The summed E-state index contributed by atoms with van der Waals surface area (Å²) in [6, 6.07) is 11.5. The second-order valence-electron chi connectivity index (χ2n) is 5.33. The van der Waals surface area contributed by atoms with Gasteiger partial charge in [-0.3, -0.25) is 0 Å². The van der Waals surface area contributed by atoms with E-state index in [-0.39, 0.29) is 0 Å². The fourth-order valence-corrected chi connectivity index (χ4v) is 4.38. The predicted octanol–water partition coefficient (Wildman–Crippen LogP) is 4.18. The lowest BCUT2D eigenvalue weighted by atomic mass is 9.95. The van der Waals surface area contributed by atoms with E-state index in [9.17, 15) is 0 Å². The van der Waals surface area contributed by atoms with Crippen molar-refractivity contribution < 1.29 is 0 Å². The number of aromatic nitrogens is 1. The summed E-state index contributed by atoms with van der Waals surface area (Å²) < 4.78 is 0. The van der Waals surface area contributed by atoms with Crippen LogP contribution in [-0.4, -0.2) is 22.8 Å². The van der Waals surface area contributed by atoms with E-state index in [1.165, 1.54) is 41.6 Å². The summed E-state index contributed by atoms with van der Waals surface area (Å²) in [6.07, 6.45) is 5.41. The Morgan fingerprint density at radius 3 is 2.95 bits per heavy atom. The summed E-state index contributed by atoms with van der Waals surface area (Å²) in [6.45, 7) is 3.29. The summed E-state index contributed by atoms with van der Waals surface area (Å²) in [5.74, 6) is 0. The first-order valence-corrected chi connectivity index (χ1v) is 8.22. The second-order valence-corrected chi connectivity index (χ2v) is 6.61. The fourth-order valence-electron chi connectivity index (χ4n) is 3.01. The summed E-state index contributed by atoms with van der Waals surface area (Å²) >= 11 is 2.02. The smallest absolute Gasteiger partial charge is 0.0735 e. The van der Waals surface area contributed by atoms with Crippen molar-refractivity contribution in [2.45, 2.75) is 48.9 Å². The molecule has 3 rings (SSSR count). The molecule has 2 unspecified atom stereocenters. The normalized spacial score (nSPS) is 23.8. The monoisotopic (exact) mass is 274 g/mol. The fraction of sp³-hybridized carbons (Fsp3) is 0.500. The average molecular weight is 274 g/mol. The third-order valence-electron chi connectivity index (χ3n) is 3.95. The van der Waals surface area contributed by atoms with Gasteiger partial charge in [0.25, 0.3) is 0 Å². The van der Waals surface area contributed by atoms with E-state index in [2.05, 4.69) is 47.6 Å². The molecule has 2 aromatic rings. The van der Waals surface area contributed by atoms with Gasteiger partial charge in [-0.1, -0.05) is 38.0 Å². The van der Waals surface area contributed by atoms with Crippen LogP contribution in [0.2, 0.25) is 0 Å². The summed E-state index contributed by atoms with van der Waals surface area (Å²) in [5, 5.41) is 7.00. The number of thioether (sulfide) groups is 1. The molecule has 1 aromatic heterocycles.